The lowest BCUT2D eigenvalue weighted by atomic mass is 10.2. The summed E-state index contributed by atoms with van der Waals surface area (Å²) in [5.74, 6) is -0.814. The van der Waals surface area contributed by atoms with Crippen LogP contribution in [-0.4, -0.2) is 56.0 Å². The summed E-state index contributed by atoms with van der Waals surface area (Å²) in [5.41, 5.74) is 0.228. The van der Waals surface area contributed by atoms with E-state index in [2.05, 4.69) is 0 Å². The molecule has 1 saturated heterocycles. The Labute approximate surface area is 128 Å². The standard InChI is InChI=1S/C13H16ClFN2O3S/c1-21(19,20)17-6-2-5-16(7-8-17)13(18)11-4-3-10(15)9-12(11)14/h3-4,9H,2,5-8H2,1H3. The number of nitrogens with zero attached hydrogens (tertiary/aromatic N) is 2. The maximum atomic E-state index is 13.0. The van der Waals surface area contributed by atoms with Crippen molar-refractivity contribution < 1.29 is 17.6 Å². The van der Waals surface area contributed by atoms with Gasteiger partial charge < -0.3 is 4.90 Å². The summed E-state index contributed by atoms with van der Waals surface area (Å²) >= 11 is 5.89. The molecule has 5 nitrogen and oxygen atoms in total. The third-order valence-corrected chi connectivity index (χ3v) is 4.99. The van der Waals surface area contributed by atoms with E-state index in [1.54, 1.807) is 4.90 Å². The SMILES string of the molecule is CS(=O)(=O)N1CCCN(C(=O)c2ccc(F)cc2Cl)CC1. The molecule has 2 rings (SSSR count). The van der Waals surface area contributed by atoms with Crippen molar-refractivity contribution in [1.82, 2.24) is 9.21 Å². The number of amides is 1. The van der Waals surface area contributed by atoms with Gasteiger partial charge in [0, 0.05) is 26.2 Å². The Bertz CT molecular complexity index is 651. The first kappa shape index (κ1) is 16.2. The van der Waals surface area contributed by atoms with Gasteiger partial charge in [-0.1, -0.05) is 11.6 Å². The minimum absolute atomic E-state index is 0.0595. The molecule has 1 aliphatic heterocycles. The quantitative estimate of drug-likeness (QED) is 0.825. The predicted octanol–water partition coefficient (Wildman–Crippen LogP) is 1.59. The summed E-state index contributed by atoms with van der Waals surface area (Å²) in [6.07, 6.45) is 1.71. The van der Waals surface area contributed by atoms with Crippen LogP contribution in [0.25, 0.3) is 0 Å². The average Bonchev–Trinajstić information content (AvgIpc) is 2.63. The molecule has 0 saturated carbocycles. The summed E-state index contributed by atoms with van der Waals surface area (Å²) in [6, 6.07) is 3.62. The van der Waals surface area contributed by atoms with E-state index in [1.807, 2.05) is 0 Å². The van der Waals surface area contributed by atoms with Gasteiger partial charge in [0.2, 0.25) is 10.0 Å². The number of rotatable bonds is 2. The summed E-state index contributed by atoms with van der Waals surface area (Å²) < 4.78 is 37.4. The fourth-order valence-corrected chi connectivity index (χ4v) is 3.38. The molecule has 21 heavy (non-hydrogen) atoms. The number of hydrogen-bond donors (Lipinski definition) is 0. The fraction of sp³-hybridized carbons (Fsp3) is 0.462. The van der Waals surface area contributed by atoms with E-state index < -0.39 is 15.8 Å². The maximum absolute atomic E-state index is 13.0. The van der Waals surface area contributed by atoms with E-state index in [0.29, 0.717) is 26.1 Å². The highest BCUT2D eigenvalue weighted by molar-refractivity contribution is 7.88. The third kappa shape index (κ3) is 3.93. The molecular weight excluding hydrogens is 319 g/mol. The van der Waals surface area contributed by atoms with Crippen molar-refractivity contribution >= 4 is 27.5 Å². The summed E-state index contributed by atoms with van der Waals surface area (Å²) in [6.45, 7) is 1.38. The number of halogens is 2. The van der Waals surface area contributed by atoms with E-state index >= 15 is 0 Å². The van der Waals surface area contributed by atoms with Crippen LogP contribution in [0.1, 0.15) is 16.8 Å². The van der Waals surface area contributed by atoms with Crippen molar-refractivity contribution in [2.45, 2.75) is 6.42 Å². The Balaban J connectivity index is 2.13. The van der Waals surface area contributed by atoms with Gasteiger partial charge in [-0.3, -0.25) is 4.79 Å². The fourth-order valence-electron chi connectivity index (χ4n) is 2.26. The first-order valence-corrected chi connectivity index (χ1v) is 8.71. The van der Waals surface area contributed by atoms with Crippen LogP contribution in [0.2, 0.25) is 5.02 Å². The van der Waals surface area contributed by atoms with Crippen LogP contribution >= 0.6 is 11.6 Å². The lowest BCUT2D eigenvalue weighted by molar-refractivity contribution is 0.0764. The highest BCUT2D eigenvalue weighted by atomic mass is 35.5. The van der Waals surface area contributed by atoms with Gasteiger partial charge in [0.15, 0.2) is 0 Å². The van der Waals surface area contributed by atoms with E-state index in [1.165, 1.54) is 16.4 Å². The second-order valence-electron chi connectivity index (χ2n) is 4.93. The molecule has 0 aromatic heterocycles. The second-order valence-corrected chi connectivity index (χ2v) is 7.32. The molecular formula is C13H16ClFN2O3S. The molecule has 0 atom stereocenters. The minimum atomic E-state index is -3.26. The summed E-state index contributed by atoms with van der Waals surface area (Å²) in [5, 5.41) is 0.0595. The molecule has 8 heteroatoms. The van der Waals surface area contributed by atoms with Gasteiger partial charge >= 0.3 is 0 Å². The van der Waals surface area contributed by atoms with Crippen molar-refractivity contribution in [3.8, 4) is 0 Å². The van der Waals surface area contributed by atoms with Gasteiger partial charge in [0.1, 0.15) is 5.82 Å². The van der Waals surface area contributed by atoms with Gasteiger partial charge in [-0.05, 0) is 24.6 Å². The van der Waals surface area contributed by atoms with E-state index in [0.717, 1.165) is 12.3 Å². The van der Waals surface area contributed by atoms with Gasteiger partial charge in [-0.15, -0.1) is 0 Å². The molecule has 0 N–H and O–H groups in total. The van der Waals surface area contributed by atoms with Crippen LogP contribution in [0.15, 0.2) is 18.2 Å². The molecule has 116 valence electrons. The van der Waals surface area contributed by atoms with E-state index in [9.17, 15) is 17.6 Å². The second kappa shape index (κ2) is 6.29. The molecule has 1 aliphatic rings. The van der Waals surface area contributed by atoms with Crippen LogP contribution in [0, 0.1) is 5.82 Å². The van der Waals surface area contributed by atoms with Crippen molar-refractivity contribution in [2.75, 3.05) is 32.4 Å². The number of carbonyl (C=O) groups is 1. The average molecular weight is 335 g/mol. The van der Waals surface area contributed by atoms with Crippen LogP contribution in [0.5, 0.6) is 0 Å². The zero-order valence-electron chi connectivity index (χ0n) is 11.6. The van der Waals surface area contributed by atoms with Gasteiger partial charge in [0.05, 0.1) is 16.8 Å². The Morgan fingerprint density at radius 2 is 1.95 bits per heavy atom. The van der Waals surface area contributed by atoms with Crippen molar-refractivity contribution in [2.24, 2.45) is 0 Å². The smallest absolute Gasteiger partial charge is 0.255 e. The Morgan fingerprint density at radius 1 is 1.24 bits per heavy atom. The summed E-state index contributed by atoms with van der Waals surface area (Å²) in [4.78, 5) is 13.9. The first-order chi connectivity index (χ1) is 9.79. The number of sulfonamides is 1. The Hall–Kier alpha value is -1.18. The molecule has 1 aromatic carbocycles. The molecule has 1 heterocycles. The van der Waals surface area contributed by atoms with Crippen LogP contribution in [0.4, 0.5) is 4.39 Å². The van der Waals surface area contributed by atoms with Crippen LogP contribution < -0.4 is 0 Å². The van der Waals surface area contributed by atoms with E-state index in [4.69, 9.17) is 11.6 Å². The molecule has 1 aromatic rings. The van der Waals surface area contributed by atoms with Crippen LogP contribution in [0.3, 0.4) is 0 Å². The largest absolute Gasteiger partial charge is 0.337 e. The van der Waals surface area contributed by atoms with Gasteiger partial charge in [-0.25, -0.2) is 17.1 Å². The topological polar surface area (TPSA) is 57.7 Å². The van der Waals surface area contributed by atoms with Crippen molar-refractivity contribution in [1.29, 1.82) is 0 Å². The highest BCUT2D eigenvalue weighted by Crippen LogP contribution is 2.20. The Kier molecular flexibility index (Phi) is 4.85. The lowest BCUT2D eigenvalue weighted by Gasteiger charge is -2.21. The molecule has 0 unspecified atom stereocenters. The molecule has 0 radical (unpaired) electrons. The van der Waals surface area contributed by atoms with Crippen molar-refractivity contribution in [3.05, 3.63) is 34.6 Å². The zero-order chi connectivity index (χ0) is 15.6. The Morgan fingerprint density at radius 3 is 2.57 bits per heavy atom. The van der Waals surface area contributed by atoms with Gasteiger partial charge in [0.25, 0.3) is 5.91 Å². The maximum Gasteiger partial charge on any atom is 0.255 e. The zero-order valence-corrected chi connectivity index (χ0v) is 13.1. The third-order valence-electron chi connectivity index (χ3n) is 3.37. The van der Waals surface area contributed by atoms with Crippen LogP contribution in [-0.2, 0) is 10.0 Å². The summed E-state index contributed by atoms with van der Waals surface area (Å²) in [7, 11) is -3.26. The minimum Gasteiger partial charge on any atom is -0.337 e. The monoisotopic (exact) mass is 334 g/mol. The lowest BCUT2D eigenvalue weighted by Crippen LogP contribution is -2.37. The highest BCUT2D eigenvalue weighted by Gasteiger charge is 2.25. The predicted molar refractivity (Wildman–Crippen MR) is 78.3 cm³/mol. The molecule has 0 aliphatic carbocycles. The normalized spacial score (nSPS) is 17.6. The van der Waals surface area contributed by atoms with Crippen molar-refractivity contribution in [3.63, 3.8) is 0 Å². The molecule has 1 amide bonds. The number of hydrogen-bond acceptors (Lipinski definition) is 3. The number of carbonyl (C=O) groups excluding carboxylic acids is 1. The van der Waals surface area contributed by atoms with Gasteiger partial charge in [-0.2, -0.15) is 0 Å². The molecule has 0 bridgehead atoms. The molecule has 1 fully saturated rings. The number of benzene rings is 1. The van der Waals surface area contributed by atoms with E-state index in [-0.39, 0.29) is 23.0 Å². The first-order valence-electron chi connectivity index (χ1n) is 6.48. The molecule has 0 spiro atoms.